The van der Waals surface area contributed by atoms with Crippen LogP contribution in [0.2, 0.25) is 0 Å². The van der Waals surface area contributed by atoms with Gasteiger partial charge in [0.15, 0.2) is 7.05 Å². The second kappa shape index (κ2) is 6.35. The fourth-order valence-corrected chi connectivity index (χ4v) is 1.83. The number of aryl methyl sites for hydroxylation is 2. The topological polar surface area (TPSA) is 58.0 Å². The second-order valence-electron chi connectivity index (χ2n) is 4.49. The zero-order valence-electron chi connectivity index (χ0n) is 11.7. The van der Waals surface area contributed by atoms with Crippen LogP contribution in [0.5, 0.6) is 0 Å². The fourth-order valence-electron chi connectivity index (χ4n) is 1.83. The van der Waals surface area contributed by atoms with E-state index < -0.39 is 0 Å². The minimum Gasteiger partial charge on any atom is -0.383 e. The Morgan fingerprint density at radius 2 is 2.22 bits per heavy atom. The van der Waals surface area contributed by atoms with Gasteiger partial charge in [0.05, 0.1) is 17.9 Å². The SMILES string of the molecule is COC[C@H](C)NC(=O)/C=C/c1c(C)[nH][n+](C)c1C. The van der Waals surface area contributed by atoms with Crippen LogP contribution < -0.4 is 10.00 Å². The van der Waals surface area contributed by atoms with E-state index in [0.29, 0.717) is 6.61 Å². The monoisotopic (exact) mass is 252 g/mol. The molecule has 0 aliphatic heterocycles. The van der Waals surface area contributed by atoms with Gasteiger partial charge in [-0.05, 0) is 19.9 Å². The van der Waals surface area contributed by atoms with Crippen molar-refractivity contribution in [1.29, 1.82) is 0 Å². The summed E-state index contributed by atoms with van der Waals surface area (Å²) < 4.78 is 6.89. The maximum atomic E-state index is 11.7. The summed E-state index contributed by atoms with van der Waals surface area (Å²) in [5, 5.41) is 6.00. The first-order valence-electron chi connectivity index (χ1n) is 5.98. The third-order valence-corrected chi connectivity index (χ3v) is 2.84. The van der Waals surface area contributed by atoms with Gasteiger partial charge >= 0.3 is 0 Å². The van der Waals surface area contributed by atoms with Crippen molar-refractivity contribution in [2.45, 2.75) is 26.8 Å². The predicted molar refractivity (Wildman–Crippen MR) is 70.0 cm³/mol. The van der Waals surface area contributed by atoms with Gasteiger partial charge in [0, 0.05) is 26.2 Å². The van der Waals surface area contributed by atoms with Crippen LogP contribution in [0.1, 0.15) is 23.9 Å². The highest BCUT2D eigenvalue weighted by Gasteiger charge is 2.13. The summed E-state index contributed by atoms with van der Waals surface area (Å²) in [5.74, 6) is -0.109. The minimum absolute atomic E-state index is 0.0108. The Kier molecular flexibility index (Phi) is 5.09. The number of aromatic nitrogens is 2. The van der Waals surface area contributed by atoms with Crippen LogP contribution in [0.3, 0.4) is 0 Å². The molecule has 2 N–H and O–H groups in total. The van der Waals surface area contributed by atoms with Gasteiger partial charge in [-0.15, -0.1) is 4.68 Å². The molecule has 0 saturated carbocycles. The average Bonchev–Trinajstić information content (AvgIpc) is 2.51. The summed E-state index contributed by atoms with van der Waals surface area (Å²) in [5.41, 5.74) is 3.19. The van der Waals surface area contributed by atoms with E-state index in [-0.39, 0.29) is 11.9 Å². The number of aromatic amines is 1. The predicted octanol–water partition coefficient (Wildman–Crippen LogP) is 0.620. The number of nitrogens with zero attached hydrogens (tertiary/aromatic N) is 1. The van der Waals surface area contributed by atoms with Crippen LogP contribution in [0.25, 0.3) is 6.08 Å². The second-order valence-corrected chi connectivity index (χ2v) is 4.49. The largest absolute Gasteiger partial charge is 0.383 e. The van der Waals surface area contributed by atoms with E-state index in [0.717, 1.165) is 17.0 Å². The van der Waals surface area contributed by atoms with Gasteiger partial charge in [-0.1, -0.05) is 0 Å². The molecular weight excluding hydrogens is 230 g/mol. The van der Waals surface area contributed by atoms with E-state index in [1.165, 1.54) is 0 Å². The summed E-state index contributed by atoms with van der Waals surface area (Å²) in [4.78, 5) is 11.7. The van der Waals surface area contributed by atoms with E-state index >= 15 is 0 Å². The molecule has 1 amide bonds. The highest BCUT2D eigenvalue weighted by Crippen LogP contribution is 2.09. The molecule has 0 saturated heterocycles. The lowest BCUT2D eigenvalue weighted by atomic mass is 10.2. The van der Waals surface area contributed by atoms with Crippen LogP contribution in [0.15, 0.2) is 6.08 Å². The average molecular weight is 252 g/mol. The molecule has 1 heterocycles. The molecule has 100 valence electrons. The molecule has 0 aliphatic carbocycles. The van der Waals surface area contributed by atoms with Crippen LogP contribution >= 0.6 is 0 Å². The first-order chi connectivity index (χ1) is 8.45. The number of ether oxygens (including phenoxy) is 1. The molecule has 0 bridgehead atoms. The summed E-state index contributed by atoms with van der Waals surface area (Å²) in [6.07, 6.45) is 3.38. The molecule has 0 radical (unpaired) electrons. The standard InChI is InChI=1S/C13H21N3O2/c1-9(8-18-5)14-13(17)7-6-12-10(2)15-16(4)11(12)3/h6-7,9H,8H2,1-5H3,(H,14,17)/p+1/b7-6+/t9-/m0/s1. The number of H-pyrrole nitrogens is 1. The molecule has 0 spiro atoms. The zero-order chi connectivity index (χ0) is 13.7. The van der Waals surface area contributed by atoms with E-state index in [1.54, 1.807) is 13.2 Å². The van der Waals surface area contributed by atoms with Gasteiger partial charge in [-0.2, -0.15) is 5.10 Å². The number of methoxy groups -OCH3 is 1. The van der Waals surface area contributed by atoms with Gasteiger partial charge in [0.25, 0.3) is 0 Å². The molecule has 1 rings (SSSR count). The lowest BCUT2D eigenvalue weighted by molar-refractivity contribution is -0.732. The Hall–Kier alpha value is -1.62. The fraction of sp³-hybridized carbons (Fsp3) is 0.538. The Morgan fingerprint density at radius 1 is 1.56 bits per heavy atom. The molecule has 1 atom stereocenters. The Morgan fingerprint density at radius 3 is 2.72 bits per heavy atom. The molecule has 0 aromatic carbocycles. The molecule has 5 nitrogen and oxygen atoms in total. The van der Waals surface area contributed by atoms with Crippen molar-refractivity contribution in [2.75, 3.05) is 13.7 Å². The Labute approximate surface area is 108 Å². The van der Waals surface area contributed by atoms with Gasteiger partial charge in [-0.25, -0.2) is 0 Å². The van der Waals surface area contributed by atoms with Gasteiger partial charge < -0.3 is 10.1 Å². The van der Waals surface area contributed by atoms with E-state index in [1.807, 2.05) is 38.6 Å². The van der Waals surface area contributed by atoms with Gasteiger partial charge in [0.2, 0.25) is 11.6 Å². The third kappa shape index (κ3) is 3.70. The smallest absolute Gasteiger partial charge is 0.244 e. The third-order valence-electron chi connectivity index (χ3n) is 2.84. The van der Waals surface area contributed by atoms with Crippen LogP contribution in [0, 0.1) is 13.8 Å². The summed E-state index contributed by atoms with van der Waals surface area (Å²) in [6, 6.07) is 0.0108. The zero-order valence-corrected chi connectivity index (χ0v) is 11.7. The van der Waals surface area contributed by atoms with Crippen molar-refractivity contribution in [1.82, 2.24) is 10.4 Å². The molecule has 1 aromatic rings. The lowest BCUT2D eigenvalue weighted by Crippen LogP contribution is -2.34. The van der Waals surface area contributed by atoms with Crippen molar-refractivity contribution in [2.24, 2.45) is 7.05 Å². The van der Waals surface area contributed by atoms with E-state index in [9.17, 15) is 4.79 Å². The normalized spacial score (nSPS) is 12.9. The van der Waals surface area contributed by atoms with Crippen molar-refractivity contribution >= 4 is 12.0 Å². The minimum atomic E-state index is -0.109. The number of carbonyl (C=O) groups excluding carboxylic acids is 1. The van der Waals surface area contributed by atoms with Crippen LogP contribution in [-0.4, -0.2) is 30.8 Å². The number of nitrogens with one attached hydrogen (secondary N) is 2. The number of hydrogen-bond acceptors (Lipinski definition) is 2. The summed E-state index contributed by atoms with van der Waals surface area (Å²) in [7, 11) is 3.56. The number of rotatable bonds is 5. The number of amides is 1. The van der Waals surface area contributed by atoms with Crippen molar-refractivity contribution < 1.29 is 14.2 Å². The maximum absolute atomic E-state index is 11.7. The van der Waals surface area contributed by atoms with Crippen LogP contribution in [-0.2, 0) is 16.6 Å². The first kappa shape index (κ1) is 14.4. The van der Waals surface area contributed by atoms with Crippen molar-refractivity contribution in [3.8, 4) is 0 Å². The van der Waals surface area contributed by atoms with Gasteiger partial charge in [-0.3, -0.25) is 4.79 Å². The molecular formula is C13H22N3O2+. The molecule has 5 heteroatoms. The summed E-state index contributed by atoms with van der Waals surface area (Å²) in [6.45, 7) is 6.41. The highest BCUT2D eigenvalue weighted by molar-refractivity contribution is 5.92. The van der Waals surface area contributed by atoms with E-state index in [4.69, 9.17) is 4.74 Å². The van der Waals surface area contributed by atoms with E-state index in [2.05, 4.69) is 10.4 Å². The molecule has 0 aliphatic rings. The van der Waals surface area contributed by atoms with Crippen LogP contribution in [0.4, 0.5) is 0 Å². The van der Waals surface area contributed by atoms with Gasteiger partial charge in [0.1, 0.15) is 0 Å². The number of carbonyl (C=O) groups is 1. The molecule has 1 aromatic heterocycles. The highest BCUT2D eigenvalue weighted by atomic mass is 16.5. The Balaban J connectivity index is 2.66. The first-order valence-corrected chi connectivity index (χ1v) is 5.98. The maximum Gasteiger partial charge on any atom is 0.244 e. The van der Waals surface area contributed by atoms with Crippen molar-refractivity contribution in [3.63, 3.8) is 0 Å². The molecule has 0 unspecified atom stereocenters. The quantitative estimate of drug-likeness (QED) is 0.596. The van der Waals surface area contributed by atoms with Crippen molar-refractivity contribution in [3.05, 3.63) is 23.0 Å². The lowest BCUT2D eigenvalue weighted by Gasteiger charge is -2.10. The number of hydrogen-bond donors (Lipinski definition) is 2. The Bertz CT molecular complexity index is 449. The molecule has 0 fully saturated rings. The molecule has 18 heavy (non-hydrogen) atoms. The summed E-state index contributed by atoms with van der Waals surface area (Å²) >= 11 is 0.